The molecule has 2 aromatic carbocycles. The molecule has 0 aliphatic carbocycles. The Bertz CT molecular complexity index is 735. The van der Waals surface area contributed by atoms with Crippen LogP contribution in [0.25, 0.3) is 11.1 Å². The topological polar surface area (TPSA) is 43.1 Å². The van der Waals surface area contributed by atoms with Crippen molar-refractivity contribution in [1.29, 1.82) is 0 Å². The fraction of sp³-hybridized carbons (Fsp3) is 0. The zero-order valence-electron chi connectivity index (χ0n) is 9.99. The van der Waals surface area contributed by atoms with E-state index in [9.17, 15) is 22.4 Å². The lowest BCUT2D eigenvalue weighted by Crippen LogP contribution is -2.18. The van der Waals surface area contributed by atoms with Gasteiger partial charge in [-0.1, -0.05) is 23.2 Å². The maximum atomic E-state index is 14.0. The zero-order valence-corrected chi connectivity index (χ0v) is 11.5. The molecule has 1 amide bonds. The van der Waals surface area contributed by atoms with E-state index < -0.39 is 40.3 Å². The van der Waals surface area contributed by atoms with Gasteiger partial charge >= 0.3 is 0 Å². The summed E-state index contributed by atoms with van der Waals surface area (Å²) in [4.78, 5) is 10.9. The second-order valence-electron chi connectivity index (χ2n) is 3.99. The molecule has 0 bridgehead atoms. The van der Waals surface area contributed by atoms with Crippen LogP contribution < -0.4 is 5.73 Å². The summed E-state index contributed by atoms with van der Waals surface area (Å²) < 4.78 is 55.4. The normalized spacial score (nSPS) is 10.8. The van der Waals surface area contributed by atoms with E-state index in [-0.39, 0.29) is 15.6 Å². The van der Waals surface area contributed by atoms with Gasteiger partial charge in [-0.25, -0.2) is 17.6 Å². The van der Waals surface area contributed by atoms with Crippen molar-refractivity contribution in [3.05, 3.63) is 57.1 Å². The Hall–Kier alpha value is -1.79. The number of nitrogens with two attached hydrogens (primary N) is 1. The van der Waals surface area contributed by atoms with E-state index in [4.69, 9.17) is 28.9 Å². The number of carbonyl (C=O) groups is 1. The first-order chi connectivity index (χ1) is 9.75. The van der Waals surface area contributed by atoms with Gasteiger partial charge in [-0.3, -0.25) is 4.79 Å². The molecule has 0 fully saturated rings. The van der Waals surface area contributed by atoms with E-state index in [2.05, 4.69) is 0 Å². The Morgan fingerprint density at radius 2 is 1.48 bits per heavy atom. The summed E-state index contributed by atoms with van der Waals surface area (Å²) in [6, 6.07) is 3.57. The van der Waals surface area contributed by atoms with Gasteiger partial charge in [0.2, 0.25) is 0 Å². The third-order valence-electron chi connectivity index (χ3n) is 2.71. The molecule has 0 atom stereocenters. The maximum Gasteiger partial charge on any atom is 0.254 e. The van der Waals surface area contributed by atoms with Gasteiger partial charge in [0.25, 0.3) is 5.91 Å². The van der Waals surface area contributed by atoms with Crippen molar-refractivity contribution < 1.29 is 22.4 Å². The largest absolute Gasteiger partial charge is 0.365 e. The van der Waals surface area contributed by atoms with Gasteiger partial charge in [-0.2, -0.15) is 0 Å². The lowest BCUT2D eigenvalue weighted by molar-refractivity contribution is 0.0990. The second kappa shape index (κ2) is 5.54. The van der Waals surface area contributed by atoms with Gasteiger partial charge in [0.15, 0.2) is 23.3 Å². The van der Waals surface area contributed by atoms with Gasteiger partial charge in [-0.15, -0.1) is 0 Å². The maximum absolute atomic E-state index is 14.0. The number of benzene rings is 2. The summed E-state index contributed by atoms with van der Waals surface area (Å²) >= 11 is 11.4. The molecule has 0 spiro atoms. The van der Waals surface area contributed by atoms with Crippen molar-refractivity contribution in [2.45, 2.75) is 0 Å². The molecule has 0 unspecified atom stereocenters. The van der Waals surface area contributed by atoms with Gasteiger partial charge in [0.05, 0.1) is 5.56 Å². The highest BCUT2D eigenvalue weighted by atomic mass is 35.5. The highest BCUT2D eigenvalue weighted by molar-refractivity contribution is 6.35. The average molecular weight is 338 g/mol. The lowest BCUT2D eigenvalue weighted by atomic mass is 10.0. The lowest BCUT2D eigenvalue weighted by Gasteiger charge is -2.12. The molecule has 0 aromatic heterocycles. The zero-order chi connectivity index (χ0) is 15.9. The molecule has 0 saturated heterocycles. The predicted molar refractivity (Wildman–Crippen MR) is 70.2 cm³/mol. The average Bonchev–Trinajstić information content (AvgIpc) is 2.40. The first kappa shape index (κ1) is 15.6. The molecule has 21 heavy (non-hydrogen) atoms. The minimum absolute atomic E-state index is 0.0491. The molecule has 8 heteroatoms. The molecule has 0 saturated carbocycles. The van der Waals surface area contributed by atoms with Crippen LogP contribution in [0, 0.1) is 23.3 Å². The van der Waals surface area contributed by atoms with Crippen LogP contribution in [0.1, 0.15) is 10.4 Å². The number of rotatable bonds is 2. The van der Waals surface area contributed by atoms with Gasteiger partial charge in [0.1, 0.15) is 5.56 Å². The summed E-state index contributed by atoms with van der Waals surface area (Å²) in [6.07, 6.45) is 0. The van der Waals surface area contributed by atoms with Crippen molar-refractivity contribution in [1.82, 2.24) is 0 Å². The van der Waals surface area contributed by atoms with Crippen molar-refractivity contribution in [3.63, 3.8) is 0 Å². The van der Waals surface area contributed by atoms with Crippen molar-refractivity contribution in [2.24, 2.45) is 5.73 Å². The Labute approximate surface area is 126 Å². The molecule has 2 nitrogen and oxygen atoms in total. The van der Waals surface area contributed by atoms with Crippen molar-refractivity contribution >= 4 is 29.1 Å². The van der Waals surface area contributed by atoms with Crippen LogP contribution in [-0.4, -0.2) is 5.91 Å². The van der Waals surface area contributed by atoms with Crippen LogP contribution >= 0.6 is 23.2 Å². The number of hydrogen-bond donors (Lipinski definition) is 1. The molecule has 0 aliphatic rings. The van der Waals surface area contributed by atoms with Gasteiger partial charge in [0, 0.05) is 15.6 Å². The van der Waals surface area contributed by atoms with E-state index in [1.807, 2.05) is 0 Å². The molecular weight excluding hydrogens is 333 g/mol. The molecule has 2 rings (SSSR count). The Morgan fingerprint density at radius 1 is 0.952 bits per heavy atom. The smallest absolute Gasteiger partial charge is 0.254 e. The third kappa shape index (κ3) is 2.56. The quantitative estimate of drug-likeness (QED) is 0.643. The summed E-state index contributed by atoms with van der Waals surface area (Å²) in [7, 11) is 0. The molecule has 2 aromatic rings. The highest BCUT2D eigenvalue weighted by Crippen LogP contribution is 2.37. The van der Waals surface area contributed by atoms with E-state index in [1.54, 1.807) is 0 Å². The molecule has 2 N–H and O–H groups in total. The molecule has 110 valence electrons. The fourth-order valence-electron chi connectivity index (χ4n) is 1.77. The first-order valence-electron chi connectivity index (χ1n) is 5.36. The fourth-order valence-corrected chi connectivity index (χ4v) is 2.16. The van der Waals surface area contributed by atoms with E-state index in [1.165, 1.54) is 12.1 Å². The number of hydrogen-bond acceptors (Lipinski definition) is 1. The summed E-state index contributed by atoms with van der Waals surface area (Å²) in [5.74, 6) is -9.00. The number of amides is 1. The van der Waals surface area contributed by atoms with Crippen LogP contribution in [-0.2, 0) is 0 Å². The van der Waals surface area contributed by atoms with E-state index in [0.29, 0.717) is 0 Å². The SMILES string of the molecule is NC(=O)c1c(F)c(F)c(-c2cc(Cl)ccc2Cl)c(F)c1F. The van der Waals surface area contributed by atoms with Crippen molar-refractivity contribution in [2.75, 3.05) is 0 Å². The van der Waals surface area contributed by atoms with Crippen LogP contribution in [0.5, 0.6) is 0 Å². The van der Waals surface area contributed by atoms with Gasteiger partial charge < -0.3 is 5.73 Å². The third-order valence-corrected chi connectivity index (χ3v) is 3.27. The minimum Gasteiger partial charge on any atom is -0.365 e. The Balaban J connectivity index is 2.89. The van der Waals surface area contributed by atoms with Crippen molar-refractivity contribution in [3.8, 4) is 11.1 Å². The van der Waals surface area contributed by atoms with Crippen LogP contribution in [0.3, 0.4) is 0 Å². The number of halogens is 6. The Morgan fingerprint density at radius 3 is 1.95 bits per heavy atom. The van der Waals surface area contributed by atoms with Gasteiger partial charge in [-0.05, 0) is 18.2 Å². The minimum atomic E-state index is -1.90. The first-order valence-corrected chi connectivity index (χ1v) is 6.12. The van der Waals surface area contributed by atoms with Crippen LogP contribution in [0.15, 0.2) is 18.2 Å². The van der Waals surface area contributed by atoms with Crippen LogP contribution in [0.4, 0.5) is 17.6 Å². The standard InChI is InChI=1S/C13H5Cl2F4NO/c14-4-1-2-6(15)5(3-4)7-9(16)11(18)8(13(20)21)12(19)10(7)17/h1-3H,(H2,20,21). The summed E-state index contributed by atoms with van der Waals surface area (Å²) in [6.45, 7) is 0. The number of primary amides is 1. The van der Waals surface area contributed by atoms with Crippen LogP contribution in [0.2, 0.25) is 10.0 Å². The molecule has 0 heterocycles. The van der Waals surface area contributed by atoms with E-state index in [0.717, 1.165) is 6.07 Å². The number of carbonyl (C=O) groups excluding carboxylic acids is 1. The second-order valence-corrected chi connectivity index (χ2v) is 4.84. The molecule has 0 radical (unpaired) electrons. The van der Waals surface area contributed by atoms with E-state index >= 15 is 0 Å². The summed E-state index contributed by atoms with van der Waals surface area (Å²) in [5.41, 5.74) is 1.78. The summed E-state index contributed by atoms with van der Waals surface area (Å²) in [5, 5.41) is -0.129. The predicted octanol–water partition coefficient (Wildman–Crippen LogP) is 4.32. The highest BCUT2D eigenvalue weighted by Gasteiger charge is 2.29. The molecule has 0 aliphatic heterocycles. The monoisotopic (exact) mass is 337 g/mol. The molecular formula is C13H5Cl2F4NO. The Kier molecular flexibility index (Phi) is 4.11.